The number of carbonyl (C=O) groups excluding carboxylic acids is 1. The standard InChI is InChI=1S/C20H23BrO2/c1-13-2-3-15-4-5-16(17(15)18(13)21)19(22)23-12-20-9-6-14(7-10-20)8-11-20/h2-3,5,14H,4,6-12H2,1H3. The van der Waals surface area contributed by atoms with Gasteiger partial charge in [0.25, 0.3) is 0 Å². The zero-order valence-corrected chi connectivity index (χ0v) is 15.2. The molecule has 2 nitrogen and oxygen atoms in total. The van der Waals surface area contributed by atoms with Gasteiger partial charge in [0.1, 0.15) is 0 Å². The summed E-state index contributed by atoms with van der Waals surface area (Å²) in [5, 5.41) is 0. The van der Waals surface area contributed by atoms with Crippen molar-refractivity contribution in [1.82, 2.24) is 0 Å². The molecule has 0 radical (unpaired) electrons. The number of aryl methyl sites for hydroxylation is 1. The second kappa shape index (κ2) is 5.77. The number of hydrogen-bond acceptors (Lipinski definition) is 2. The van der Waals surface area contributed by atoms with E-state index in [1.54, 1.807) is 0 Å². The Morgan fingerprint density at radius 1 is 1.26 bits per heavy atom. The van der Waals surface area contributed by atoms with Gasteiger partial charge in [-0.2, -0.15) is 0 Å². The SMILES string of the molecule is Cc1ccc2c(c1Br)C(C(=O)OCC13CCC(CC1)CC3)=CC2. The number of fused-ring (bicyclic) bond motifs is 4. The van der Waals surface area contributed by atoms with E-state index < -0.39 is 0 Å². The quantitative estimate of drug-likeness (QED) is 0.678. The van der Waals surface area contributed by atoms with E-state index >= 15 is 0 Å². The first-order chi connectivity index (χ1) is 11.1. The highest BCUT2D eigenvalue weighted by Gasteiger charge is 2.41. The fourth-order valence-electron chi connectivity index (χ4n) is 4.53. The third kappa shape index (κ3) is 2.67. The molecule has 0 N–H and O–H groups in total. The molecule has 3 saturated carbocycles. The molecule has 122 valence electrons. The first kappa shape index (κ1) is 15.4. The van der Waals surface area contributed by atoms with Gasteiger partial charge < -0.3 is 4.74 Å². The summed E-state index contributed by atoms with van der Waals surface area (Å²) in [6.07, 6.45) is 10.5. The van der Waals surface area contributed by atoms with Crippen LogP contribution in [-0.2, 0) is 16.0 Å². The Morgan fingerprint density at radius 3 is 2.65 bits per heavy atom. The summed E-state index contributed by atoms with van der Waals surface area (Å²) in [5.41, 5.74) is 4.44. The van der Waals surface area contributed by atoms with Crippen LogP contribution in [0.1, 0.15) is 55.2 Å². The highest BCUT2D eigenvalue weighted by molar-refractivity contribution is 9.10. The highest BCUT2D eigenvalue weighted by atomic mass is 79.9. The van der Waals surface area contributed by atoms with Gasteiger partial charge in [0.05, 0.1) is 12.2 Å². The molecule has 3 heteroatoms. The minimum Gasteiger partial charge on any atom is -0.461 e. The average Bonchev–Trinajstić information content (AvgIpc) is 3.03. The molecular formula is C20H23BrO2. The largest absolute Gasteiger partial charge is 0.461 e. The van der Waals surface area contributed by atoms with Crippen LogP contribution in [0.15, 0.2) is 22.7 Å². The first-order valence-electron chi connectivity index (χ1n) is 8.74. The number of allylic oxidation sites excluding steroid dienone is 1. The van der Waals surface area contributed by atoms with Crippen LogP contribution in [0, 0.1) is 18.3 Å². The van der Waals surface area contributed by atoms with Gasteiger partial charge in [0.2, 0.25) is 0 Å². The number of hydrogen-bond donors (Lipinski definition) is 0. The molecule has 0 aromatic heterocycles. The third-order valence-corrected chi connectivity index (χ3v) is 7.22. The average molecular weight is 375 g/mol. The number of benzene rings is 1. The van der Waals surface area contributed by atoms with Gasteiger partial charge in [-0.3, -0.25) is 0 Å². The summed E-state index contributed by atoms with van der Waals surface area (Å²) >= 11 is 3.65. The lowest BCUT2D eigenvalue weighted by molar-refractivity contribution is -0.142. The summed E-state index contributed by atoms with van der Waals surface area (Å²) in [4.78, 5) is 12.7. The maximum atomic E-state index is 12.7. The molecular weight excluding hydrogens is 352 g/mol. The van der Waals surface area contributed by atoms with Gasteiger partial charge in [-0.25, -0.2) is 4.79 Å². The number of carbonyl (C=O) groups is 1. The van der Waals surface area contributed by atoms with Crippen molar-refractivity contribution in [2.75, 3.05) is 6.61 Å². The maximum Gasteiger partial charge on any atom is 0.338 e. The van der Waals surface area contributed by atoms with E-state index in [0.29, 0.717) is 6.61 Å². The molecule has 23 heavy (non-hydrogen) atoms. The molecule has 1 aromatic carbocycles. The van der Waals surface area contributed by atoms with E-state index in [1.165, 1.54) is 44.1 Å². The zero-order valence-electron chi connectivity index (χ0n) is 13.7. The van der Waals surface area contributed by atoms with E-state index in [9.17, 15) is 4.79 Å². The molecule has 0 aliphatic heterocycles. The van der Waals surface area contributed by atoms with Crippen molar-refractivity contribution < 1.29 is 9.53 Å². The van der Waals surface area contributed by atoms with Crippen LogP contribution in [0.4, 0.5) is 0 Å². The second-order valence-electron chi connectivity index (χ2n) is 7.61. The molecule has 0 heterocycles. The van der Waals surface area contributed by atoms with Crippen LogP contribution in [0.2, 0.25) is 0 Å². The molecule has 4 aliphatic rings. The van der Waals surface area contributed by atoms with Crippen LogP contribution >= 0.6 is 15.9 Å². The third-order valence-electron chi connectivity index (χ3n) is 6.19. The van der Waals surface area contributed by atoms with Crippen molar-refractivity contribution in [3.8, 4) is 0 Å². The number of esters is 1. The van der Waals surface area contributed by atoms with Crippen LogP contribution in [0.25, 0.3) is 5.57 Å². The lowest BCUT2D eigenvalue weighted by Gasteiger charge is -2.46. The predicted octanol–water partition coefficient (Wildman–Crippen LogP) is 5.21. The van der Waals surface area contributed by atoms with E-state index in [4.69, 9.17) is 4.74 Å². The van der Waals surface area contributed by atoms with E-state index in [1.807, 2.05) is 6.08 Å². The smallest absolute Gasteiger partial charge is 0.338 e. The number of ether oxygens (including phenoxy) is 1. The van der Waals surface area contributed by atoms with Gasteiger partial charge >= 0.3 is 5.97 Å². The van der Waals surface area contributed by atoms with Crippen molar-refractivity contribution in [3.63, 3.8) is 0 Å². The summed E-state index contributed by atoms with van der Waals surface area (Å²) in [6, 6.07) is 4.22. The topological polar surface area (TPSA) is 26.3 Å². The second-order valence-corrected chi connectivity index (χ2v) is 8.40. The normalized spacial score (nSPS) is 28.4. The van der Waals surface area contributed by atoms with Gasteiger partial charge in [-0.15, -0.1) is 0 Å². The minimum absolute atomic E-state index is 0.142. The molecule has 2 bridgehead atoms. The first-order valence-corrected chi connectivity index (χ1v) is 9.53. The van der Waals surface area contributed by atoms with Crippen molar-refractivity contribution in [3.05, 3.63) is 39.4 Å². The van der Waals surface area contributed by atoms with Crippen LogP contribution < -0.4 is 0 Å². The Balaban J connectivity index is 1.48. The Labute approximate surface area is 146 Å². The van der Waals surface area contributed by atoms with Crippen molar-refractivity contribution in [2.45, 2.75) is 51.9 Å². The summed E-state index contributed by atoms with van der Waals surface area (Å²) in [5.74, 6) is 0.799. The van der Waals surface area contributed by atoms with Crippen molar-refractivity contribution >= 4 is 27.5 Å². The number of halogens is 1. The maximum absolute atomic E-state index is 12.7. The lowest BCUT2D eigenvalue weighted by atomic mass is 9.61. The van der Waals surface area contributed by atoms with Crippen molar-refractivity contribution in [2.24, 2.45) is 11.3 Å². The Bertz CT molecular complexity index is 667. The molecule has 0 spiro atoms. The van der Waals surface area contributed by atoms with Gasteiger partial charge in [-0.1, -0.05) is 18.2 Å². The van der Waals surface area contributed by atoms with E-state index in [-0.39, 0.29) is 11.4 Å². The molecule has 0 saturated heterocycles. The van der Waals surface area contributed by atoms with E-state index in [0.717, 1.165) is 33.5 Å². The molecule has 0 unspecified atom stereocenters. The van der Waals surface area contributed by atoms with Crippen LogP contribution in [0.3, 0.4) is 0 Å². The Morgan fingerprint density at radius 2 is 1.96 bits per heavy atom. The molecule has 4 aliphatic carbocycles. The Hall–Kier alpha value is -1.09. The van der Waals surface area contributed by atoms with Crippen LogP contribution in [-0.4, -0.2) is 12.6 Å². The lowest BCUT2D eigenvalue weighted by Crippen LogP contribution is -2.38. The summed E-state index contributed by atoms with van der Waals surface area (Å²) < 4.78 is 6.84. The molecule has 1 aromatic rings. The summed E-state index contributed by atoms with van der Waals surface area (Å²) in [7, 11) is 0. The molecule has 0 atom stereocenters. The monoisotopic (exact) mass is 374 g/mol. The van der Waals surface area contributed by atoms with E-state index in [2.05, 4.69) is 35.0 Å². The van der Waals surface area contributed by atoms with Gasteiger partial charge in [-0.05, 0) is 84.8 Å². The van der Waals surface area contributed by atoms with Gasteiger partial charge in [0, 0.05) is 15.5 Å². The fourth-order valence-corrected chi connectivity index (χ4v) is 5.13. The fraction of sp³-hybridized carbons (Fsp3) is 0.550. The van der Waals surface area contributed by atoms with Crippen molar-refractivity contribution in [1.29, 1.82) is 0 Å². The highest BCUT2D eigenvalue weighted by Crippen LogP contribution is 2.50. The minimum atomic E-state index is -0.142. The number of rotatable bonds is 3. The Kier molecular flexibility index (Phi) is 3.87. The summed E-state index contributed by atoms with van der Waals surface area (Å²) in [6.45, 7) is 2.67. The molecule has 0 amide bonds. The predicted molar refractivity (Wildman–Crippen MR) is 95.1 cm³/mol. The molecule has 3 fully saturated rings. The van der Waals surface area contributed by atoms with Crippen LogP contribution in [0.5, 0.6) is 0 Å². The zero-order chi connectivity index (χ0) is 16.0. The molecule has 5 rings (SSSR count). The van der Waals surface area contributed by atoms with Gasteiger partial charge in [0.15, 0.2) is 0 Å².